The minimum absolute atomic E-state index is 0.0382. The van der Waals surface area contributed by atoms with E-state index >= 15 is 4.79 Å². The molecule has 0 aliphatic heterocycles. The number of hydrogen-bond acceptors (Lipinski definition) is 4. The third-order valence-corrected chi connectivity index (χ3v) is 13.7. The van der Waals surface area contributed by atoms with Crippen molar-refractivity contribution >= 4 is 5.97 Å². The number of esters is 1. The first-order valence-corrected chi connectivity index (χ1v) is 26.4. The van der Waals surface area contributed by atoms with Crippen molar-refractivity contribution in [1.29, 1.82) is 0 Å². The molecular weight excluding hydrogens is 701 g/mol. The fourth-order valence-corrected chi connectivity index (χ4v) is 9.91. The third-order valence-electron chi connectivity index (χ3n) is 13.7. The van der Waals surface area contributed by atoms with E-state index in [2.05, 4.69) is 34.6 Å². The second-order valence-corrected chi connectivity index (χ2v) is 18.9. The first-order chi connectivity index (χ1) is 27.9. The van der Waals surface area contributed by atoms with Gasteiger partial charge in [0.2, 0.25) is 0 Å². The van der Waals surface area contributed by atoms with Crippen molar-refractivity contribution in [2.45, 2.75) is 310 Å². The van der Waals surface area contributed by atoms with Crippen molar-refractivity contribution in [3.63, 3.8) is 0 Å². The van der Waals surface area contributed by atoms with Crippen molar-refractivity contribution in [2.75, 3.05) is 13.2 Å². The van der Waals surface area contributed by atoms with E-state index < -0.39 is 11.5 Å². The number of ether oxygens (including phenoxy) is 1. The van der Waals surface area contributed by atoms with E-state index in [9.17, 15) is 10.2 Å². The van der Waals surface area contributed by atoms with Crippen molar-refractivity contribution in [2.24, 2.45) is 10.8 Å². The third kappa shape index (κ3) is 29.3. The highest BCUT2D eigenvalue weighted by Gasteiger charge is 2.55. The highest BCUT2D eigenvalue weighted by Crippen LogP contribution is 2.57. The molecule has 0 radical (unpaired) electrons. The van der Waals surface area contributed by atoms with E-state index in [0.29, 0.717) is 0 Å². The van der Waals surface area contributed by atoms with Gasteiger partial charge in [0.1, 0.15) is 12.7 Å². The largest absolute Gasteiger partial charge is 0.462 e. The second-order valence-electron chi connectivity index (χ2n) is 18.9. The summed E-state index contributed by atoms with van der Waals surface area (Å²) in [4.78, 5) is 15.1. The average Bonchev–Trinajstić information content (AvgIpc) is 3.22. The predicted octanol–water partition coefficient (Wildman–Crippen LogP) is 17.3. The Bertz CT molecular complexity index is 779. The fourth-order valence-electron chi connectivity index (χ4n) is 9.91. The van der Waals surface area contributed by atoms with Gasteiger partial charge in [-0.1, -0.05) is 272 Å². The molecule has 1 atom stereocenters. The van der Waals surface area contributed by atoms with Crippen LogP contribution in [0.15, 0.2) is 0 Å². The summed E-state index contributed by atoms with van der Waals surface area (Å²) < 4.78 is 6.25. The first-order valence-electron chi connectivity index (χ1n) is 26.4. The molecule has 342 valence electrons. The zero-order valence-electron chi connectivity index (χ0n) is 39.9. The Balaban J connectivity index is 6.52. The summed E-state index contributed by atoms with van der Waals surface area (Å²) in [5.74, 6) is -0.0382. The molecule has 0 spiro atoms. The van der Waals surface area contributed by atoms with Gasteiger partial charge in [-0.3, -0.25) is 4.79 Å². The normalized spacial score (nSPS) is 12.8. The monoisotopic (exact) mass is 807 g/mol. The van der Waals surface area contributed by atoms with Crippen molar-refractivity contribution < 1.29 is 19.7 Å². The van der Waals surface area contributed by atoms with Gasteiger partial charge in [0, 0.05) is 0 Å². The van der Waals surface area contributed by atoms with Gasteiger partial charge in [-0.2, -0.15) is 0 Å². The van der Waals surface area contributed by atoms with Gasteiger partial charge in [-0.05, 0) is 37.5 Å². The van der Waals surface area contributed by atoms with Crippen molar-refractivity contribution in [3.8, 4) is 0 Å². The Labute approximate surface area is 359 Å². The molecule has 1 unspecified atom stereocenters. The standard InChI is InChI=1S/C53H106O4/c1-6-11-16-21-26-27-28-29-30-31-32-35-40-45-52(43-38-33-22-17-12-7-2,44-39-34-23-18-13-8-3)53(46-41-36-24-19-14-9-4,47-42-37-25-20-15-10-5)51(56)57-49-50(55)48-54/h50,54-55H,6-49H2,1-5H3. The molecule has 0 heterocycles. The maximum atomic E-state index is 15.1. The molecule has 0 aromatic heterocycles. The van der Waals surface area contributed by atoms with Gasteiger partial charge in [-0.25, -0.2) is 0 Å². The molecule has 0 rings (SSSR count). The van der Waals surface area contributed by atoms with Crippen LogP contribution in [0, 0.1) is 10.8 Å². The first kappa shape index (κ1) is 56.4. The lowest BCUT2D eigenvalue weighted by Gasteiger charge is -2.51. The summed E-state index contributed by atoms with van der Waals surface area (Å²) in [6, 6.07) is 0. The van der Waals surface area contributed by atoms with E-state index in [4.69, 9.17) is 4.74 Å². The zero-order chi connectivity index (χ0) is 42.0. The molecule has 4 nitrogen and oxygen atoms in total. The van der Waals surface area contributed by atoms with E-state index in [1.807, 2.05) is 0 Å². The molecule has 57 heavy (non-hydrogen) atoms. The lowest BCUT2D eigenvalue weighted by molar-refractivity contribution is -0.174. The number of carbonyl (C=O) groups is 1. The average molecular weight is 807 g/mol. The number of carbonyl (C=O) groups excluding carboxylic acids is 1. The van der Waals surface area contributed by atoms with E-state index in [0.717, 1.165) is 44.9 Å². The SMILES string of the molecule is CCCCCCCCCCCCCCCC(CCCCCCCC)(CCCCCCCC)C(CCCCCCCC)(CCCCCCCC)C(=O)OCC(O)CO. The predicted molar refractivity (Wildman–Crippen MR) is 251 cm³/mol. The molecule has 0 amide bonds. The highest BCUT2D eigenvalue weighted by atomic mass is 16.5. The van der Waals surface area contributed by atoms with Crippen LogP contribution in [0.1, 0.15) is 304 Å². The van der Waals surface area contributed by atoms with Gasteiger partial charge in [0.05, 0.1) is 12.0 Å². The number of aliphatic hydroxyl groups is 2. The van der Waals surface area contributed by atoms with Crippen LogP contribution in [0.3, 0.4) is 0 Å². The minimum atomic E-state index is -1.01. The van der Waals surface area contributed by atoms with Gasteiger partial charge in [0.15, 0.2) is 0 Å². The lowest BCUT2D eigenvalue weighted by atomic mass is 9.53. The summed E-state index contributed by atoms with van der Waals surface area (Å²) in [7, 11) is 0. The number of hydrogen-bond donors (Lipinski definition) is 2. The number of unbranched alkanes of at least 4 members (excludes halogenated alkanes) is 32. The number of aliphatic hydroxyl groups excluding tert-OH is 2. The summed E-state index contributed by atoms with van der Waals surface area (Å²) >= 11 is 0. The van der Waals surface area contributed by atoms with Crippen molar-refractivity contribution in [1.82, 2.24) is 0 Å². The van der Waals surface area contributed by atoms with Crippen LogP contribution in [0.25, 0.3) is 0 Å². The minimum Gasteiger partial charge on any atom is -0.462 e. The number of rotatable bonds is 47. The maximum absolute atomic E-state index is 15.1. The van der Waals surface area contributed by atoms with Gasteiger partial charge in [-0.15, -0.1) is 0 Å². The molecule has 0 aliphatic carbocycles. The van der Waals surface area contributed by atoms with Crippen LogP contribution in [0.5, 0.6) is 0 Å². The summed E-state index contributed by atoms with van der Waals surface area (Å²) in [6.07, 6.45) is 52.0. The quantitative estimate of drug-likeness (QED) is 0.0475. The molecule has 4 heteroatoms. The Morgan fingerprint density at radius 3 is 0.860 bits per heavy atom. The summed E-state index contributed by atoms with van der Waals surface area (Å²) in [5.41, 5.74) is -0.601. The van der Waals surface area contributed by atoms with E-state index in [1.54, 1.807) is 0 Å². The van der Waals surface area contributed by atoms with E-state index in [1.165, 1.54) is 225 Å². The molecular formula is C53H106O4. The van der Waals surface area contributed by atoms with Gasteiger partial charge < -0.3 is 14.9 Å². The lowest BCUT2D eigenvalue weighted by Crippen LogP contribution is -2.50. The molecule has 2 N–H and O–H groups in total. The van der Waals surface area contributed by atoms with Crippen LogP contribution in [-0.2, 0) is 9.53 Å². The van der Waals surface area contributed by atoms with Gasteiger partial charge >= 0.3 is 5.97 Å². The topological polar surface area (TPSA) is 66.8 Å². The van der Waals surface area contributed by atoms with Crippen LogP contribution in [0.2, 0.25) is 0 Å². The molecule has 0 bridgehead atoms. The van der Waals surface area contributed by atoms with E-state index in [-0.39, 0.29) is 24.6 Å². The Morgan fingerprint density at radius 1 is 0.386 bits per heavy atom. The highest BCUT2D eigenvalue weighted by molar-refractivity contribution is 5.78. The van der Waals surface area contributed by atoms with Crippen molar-refractivity contribution in [3.05, 3.63) is 0 Å². The van der Waals surface area contributed by atoms with Crippen LogP contribution < -0.4 is 0 Å². The van der Waals surface area contributed by atoms with Crippen LogP contribution in [0.4, 0.5) is 0 Å². The van der Waals surface area contributed by atoms with Crippen LogP contribution >= 0.6 is 0 Å². The molecule has 0 aromatic carbocycles. The molecule has 0 fully saturated rings. The Hall–Kier alpha value is -0.610. The molecule has 0 saturated heterocycles. The maximum Gasteiger partial charge on any atom is 0.312 e. The molecule has 0 aromatic rings. The Morgan fingerprint density at radius 2 is 0.614 bits per heavy atom. The molecule has 0 aliphatic rings. The van der Waals surface area contributed by atoms with Crippen LogP contribution in [-0.4, -0.2) is 35.5 Å². The Kier molecular flexibility index (Phi) is 41.6. The van der Waals surface area contributed by atoms with Gasteiger partial charge in [0.25, 0.3) is 0 Å². The molecule has 0 saturated carbocycles. The second kappa shape index (κ2) is 42.1. The summed E-state index contributed by atoms with van der Waals surface area (Å²) in [6.45, 7) is 11.0. The summed E-state index contributed by atoms with van der Waals surface area (Å²) in [5, 5.41) is 20.2. The fraction of sp³-hybridized carbons (Fsp3) is 0.981. The zero-order valence-corrected chi connectivity index (χ0v) is 39.9. The smallest absolute Gasteiger partial charge is 0.312 e.